The van der Waals surface area contributed by atoms with Gasteiger partial charge in [-0.15, -0.1) is 0 Å². The van der Waals surface area contributed by atoms with Crippen LogP contribution in [0.4, 0.5) is 4.79 Å². The summed E-state index contributed by atoms with van der Waals surface area (Å²) in [4.78, 5) is 19.2. The number of imidazole rings is 1. The monoisotopic (exact) mass is 316 g/mol. The van der Waals surface area contributed by atoms with Gasteiger partial charge in [-0.1, -0.05) is 12.8 Å². The van der Waals surface area contributed by atoms with E-state index in [0.717, 1.165) is 51.2 Å². The lowest BCUT2D eigenvalue weighted by atomic mass is 9.97. The number of carbonyl (C=O) groups is 1. The molecule has 1 N–H and O–H groups in total. The molecule has 1 atom stereocenters. The van der Waals surface area contributed by atoms with Gasteiger partial charge in [0.15, 0.2) is 0 Å². The average Bonchev–Trinajstić information content (AvgIpc) is 3.03. The maximum atomic E-state index is 12.5. The van der Waals surface area contributed by atoms with E-state index in [0.29, 0.717) is 12.0 Å². The number of hydrogen-bond donors (Lipinski definition) is 1. The largest absolute Gasteiger partial charge is 0.335 e. The molecule has 5 heteroatoms. The van der Waals surface area contributed by atoms with Gasteiger partial charge in [-0.25, -0.2) is 9.78 Å². The van der Waals surface area contributed by atoms with Gasteiger partial charge in [0.1, 0.15) is 5.82 Å². The number of likely N-dealkylation sites (tertiary alicyclic amines) is 1. The molecular formula is C18H28N4O. The second-order valence-electron chi connectivity index (χ2n) is 7.60. The Morgan fingerprint density at radius 3 is 2.78 bits per heavy atom. The third-order valence-electron chi connectivity index (χ3n) is 5.66. The molecule has 0 radical (unpaired) electrons. The summed E-state index contributed by atoms with van der Waals surface area (Å²) < 4.78 is 2.33. The molecule has 0 bridgehead atoms. The Morgan fingerprint density at radius 1 is 1.17 bits per heavy atom. The fourth-order valence-electron chi connectivity index (χ4n) is 4.12. The normalized spacial score (nSPS) is 25.7. The summed E-state index contributed by atoms with van der Waals surface area (Å²) in [5.74, 6) is 2.44. The summed E-state index contributed by atoms with van der Waals surface area (Å²) in [6.07, 6.45) is 13.8. The molecule has 2 aliphatic carbocycles. The maximum Gasteiger partial charge on any atom is 0.317 e. The number of hydrogen-bond acceptors (Lipinski definition) is 2. The van der Waals surface area contributed by atoms with E-state index in [9.17, 15) is 4.79 Å². The van der Waals surface area contributed by atoms with Crippen molar-refractivity contribution in [3.8, 4) is 0 Å². The minimum Gasteiger partial charge on any atom is -0.335 e. The van der Waals surface area contributed by atoms with E-state index in [1.807, 2.05) is 11.1 Å². The number of urea groups is 1. The highest BCUT2D eigenvalue weighted by Crippen LogP contribution is 2.33. The average molecular weight is 316 g/mol. The van der Waals surface area contributed by atoms with Crippen LogP contribution in [-0.2, 0) is 6.54 Å². The van der Waals surface area contributed by atoms with Gasteiger partial charge in [0.25, 0.3) is 0 Å². The number of nitrogens with zero attached hydrogens (tertiary/aromatic N) is 3. The van der Waals surface area contributed by atoms with Gasteiger partial charge in [-0.3, -0.25) is 0 Å². The molecule has 5 nitrogen and oxygen atoms in total. The van der Waals surface area contributed by atoms with Crippen molar-refractivity contribution in [1.29, 1.82) is 0 Å². The van der Waals surface area contributed by atoms with E-state index in [1.165, 1.54) is 31.5 Å². The van der Waals surface area contributed by atoms with Gasteiger partial charge in [0.2, 0.25) is 0 Å². The van der Waals surface area contributed by atoms with E-state index in [1.54, 1.807) is 0 Å². The lowest BCUT2D eigenvalue weighted by molar-refractivity contribution is 0.174. The molecule has 2 amide bonds. The molecule has 2 heterocycles. The highest BCUT2D eigenvalue weighted by molar-refractivity contribution is 5.74. The molecule has 0 aromatic carbocycles. The van der Waals surface area contributed by atoms with Crippen LogP contribution in [0.5, 0.6) is 0 Å². The van der Waals surface area contributed by atoms with E-state index >= 15 is 0 Å². The van der Waals surface area contributed by atoms with Crippen LogP contribution in [0.2, 0.25) is 0 Å². The Labute approximate surface area is 138 Å². The zero-order valence-corrected chi connectivity index (χ0v) is 13.9. The van der Waals surface area contributed by atoms with Crippen LogP contribution in [-0.4, -0.2) is 39.6 Å². The standard InChI is InChI=1S/C18H28N4O/c23-18(20-16-5-1-2-6-16)22-10-3-4-15(13-22)17-19-9-11-21(17)12-14-7-8-14/h9,11,14-16H,1-8,10,12-13H2,(H,20,23)/t15-/m1/s1. The summed E-state index contributed by atoms with van der Waals surface area (Å²) in [5, 5.41) is 3.23. The molecule has 1 saturated heterocycles. The van der Waals surface area contributed by atoms with Crippen molar-refractivity contribution in [3.63, 3.8) is 0 Å². The zero-order chi connectivity index (χ0) is 15.6. The fraction of sp³-hybridized carbons (Fsp3) is 0.778. The Balaban J connectivity index is 1.38. The first-order chi connectivity index (χ1) is 11.3. The van der Waals surface area contributed by atoms with E-state index in [-0.39, 0.29) is 6.03 Å². The number of amides is 2. The van der Waals surface area contributed by atoms with Gasteiger partial charge in [-0.2, -0.15) is 0 Å². The van der Waals surface area contributed by atoms with Crippen molar-refractivity contribution in [2.24, 2.45) is 5.92 Å². The molecule has 1 aromatic heterocycles. The van der Waals surface area contributed by atoms with Crippen molar-refractivity contribution >= 4 is 6.03 Å². The van der Waals surface area contributed by atoms with Gasteiger partial charge in [-0.05, 0) is 44.4 Å². The van der Waals surface area contributed by atoms with Crippen LogP contribution in [0.15, 0.2) is 12.4 Å². The molecule has 1 aromatic rings. The van der Waals surface area contributed by atoms with Crippen molar-refractivity contribution < 1.29 is 4.79 Å². The molecular weight excluding hydrogens is 288 g/mol. The molecule has 2 saturated carbocycles. The minimum absolute atomic E-state index is 0.141. The predicted molar refractivity (Wildman–Crippen MR) is 89.3 cm³/mol. The van der Waals surface area contributed by atoms with Crippen molar-refractivity contribution in [2.75, 3.05) is 13.1 Å². The number of aromatic nitrogens is 2. The van der Waals surface area contributed by atoms with Crippen LogP contribution in [0.25, 0.3) is 0 Å². The first-order valence-corrected chi connectivity index (χ1v) is 9.36. The highest BCUT2D eigenvalue weighted by atomic mass is 16.2. The van der Waals surface area contributed by atoms with Gasteiger partial charge in [0.05, 0.1) is 0 Å². The van der Waals surface area contributed by atoms with Gasteiger partial charge in [0, 0.05) is 44.0 Å². The SMILES string of the molecule is O=C(NC1CCCC1)N1CCC[C@@H](c2nccn2CC2CC2)C1. The molecule has 4 rings (SSSR count). The Morgan fingerprint density at radius 2 is 2.00 bits per heavy atom. The summed E-state index contributed by atoms with van der Waals surface area (Å²) in [6.45, 7) is 2.82. The van der Waals surface area contributed by atoms with Crippen LogP contribution in [0, 0.1) is 5.92 Å². The van der Waals surface area contributed by atoms with Crippen LogP contribution >= 0.6 is 0 Å². The minimum atomic E-state index is 0.141. The van der Waals surface area contributed by atoms with Crippen LogP contribution in [0.1, 0.15) is 63.1 Å². The maximum absolute atomic E-state index is 12.5. The molecule has 3 fully saturated rings. The summed E-state index contributed by atoms with van der Waals surface area (Å²) in [5.41, 5.74) is 0. The molecule has 3 aliphatic rings. The van der Waals surface area contributed by atoms with Crippen molar-refractivity contribution in [2.45, 2.75) is 69.9 Å². The fourth-order valence-corrected chi connectivity index (χ4v) is 4.12. The van der Waals surface area contributed by atoms with E-state index in [4.69, 9.17) is 0 Å². The second kappa shape index (κ2) is 6.54. The predicted octanol–water partition coefficient (Wildman–Crippen LogP) is 3.12. The van der Waals surface area contributed by atoms with Gasteiger partial charge >= 0.3 is 6.03 Å². The Kier molecular flexibility index (Phi) is 4.27. The van der Waals surface area contributed by atoms with E-state index < -0.39 is 0 Å². The molecule has 0 unspecified atom stereocenters. The summed E-state index contributed by atoms with van der Waals surface area (Å²) in [7, 11) is 0. The third kappa shape index (κ3) is 3.54. The van der Waals surface area contributed by atoms with Crippen LogP contribution in [0.3, 0.4) is 0 Å². The number of nitrogens with one attached hydrogen (secondary N) is 1. The number of rotatable bonds is 4. The Bertz CT molecular complexity index is 545. The summed E-state index contributed by atoms with van der Waals surface area (Å²) in [6, 6.07) is 0.543. The van der Waals surface area contributed by atoms with Crippen molar-refractivity contribution in [3.05, 3.63) is 18.2 Å². The lowest BCUT2D eigenvalue weighted by Crippen LogP contribution is -2.47. The van der Waals surface area contributed by atoms with Crippen LogP contribution < -0.4 is 5.32 Å². The first-order valence-electron chi connectivity index (χ1n) is 9.36. The van der Waals surface area contributed by atoms with Gasteiger partial charge < -0.3 is 14.8 Å². The summed E-state index contributed by atoms with van der Waals surface area (Å²) >= 11 is 0. The lowest BCUT2D eigenvalue weighted by Gasteiger charge is -2.33. The number of piperidine rings is 1. The topological polar surface area (TPSA) is 50.2 Å². The smallest absolute Gasteiger partial charge is 0.317 e. The first kappa shape index (κ1) is 15.0. The molecule has 1 aliphatic heterocycles. The van der Waals surface area contributed by atoms with E-state index in [2.05, 4.69) is 21.1 Å². The second-order valence-corrected chi connectivity index (χ2v) is 7.60. The zero-order valence-electron chi connectivity index (χ0n) is 13.9. The van der Waals surface area contributed by atoms with Crippen molar-refractivity contribution in [1.82, 2.24) is 19.8 Å². The number of carbonyl (C=O) groups excluding carboxylic acids is 1. The molecule has 0 spiro atoms. The highest BCUT2D eigenvalue weighted by Gasteiger charge is 2.30. The molecule has 23 heavy (non-hydrogen) atoms. The quantitative estimate of drug-likeness (QED) is 0.928. The molecule has 126 valence electrons. The third-order valence-corrected chi connectivity index (χ3v) is 5.66. The Hall–Kier alpha value is -1.52.